The number of carbonyl (C=O) groups excluding carboxylic acids is 1. The SMILES string of the molecule is CN.CS/C(C=O)=C\c1ccc(F)cc1F. The third-order valence-electron chi connectivity index (χ3n) is 1.61. The van der Waals surface area contributed by atoms with Crippen LogP contribution < -0.4 is 5.73 Å². The van der Waals surface area contributed by atoms with Gasteiger partial charge in [0.2, 0.25) is 0 Å². The number of carbonyl (C=O) groups is 1. The molecule has 0 atom stereocenters. The van der Waals surface area contributed by atoms with E-state index in [1.165, 1.54) is 31.0 Å². The Morgan fingerprint density at radius 3 is 2.44 bits per heavy atom. The predicted octanol–water partition coefficient (Wildman–Crippen LogP) is 2.44. The summed E-state index contributed by atoms with van der Waals surface area (Å²) in [6.07, 6.45) is 3.72. The summed E-state index contributed by atoms with van der Waals surface area (Å²) in [5.41, 5.74) is 4.71. The van der Waals surface area contributed by atoms with Crippen LogP contribution in [-0.2, 0) is 4.79 Å². The highest BCUT2D eigenvalue weighted by Crippen LogP contribution is 2.17. The van der Waals surface area contributed by atoms with Crippen molar-refractivity contribution in [2.75, 3.05) is 13.3 Å². The maximum Gasteiger partial charge on any atom is 0.156 e. The van der Waals surface area contributed by atoms with Gasteiger partial charge in [0.25, 0.3) is 0 Å². The highest BCUT2D eigenvalue weighted by Gasteiger charge is 2.02. The van der Waals surface area contributed by atoms with Crippen molar-refractivity contribution in [1.29, 1.82) is 0 Å². The molecule has 5 heteroatoms. The van der Waals surface area contributed by atoms with Crippen LogP contribution in [0, 0.1) is 11.6 Å². The molecule has 2 N–H and O–H groups in total. The van der Waals surface area contributed by atoms with Gasteiger partial charge >= 0.3 is 0 Å². The van der Waals surface area contributed by atoms with Crippen LogP contribution in [0.4, 0.5) is 8.78 Å². The number of rotatable bonds is 3. The van der Waals surface area contributed by atoms with E-state index < -0.39 is 11.6 Å². The highest BCUT2D eigenvalue weighted by molar-refractivity contribution is 8.03. The first kappa shape index (κ1) is 14.8. The van der Waals surface area contributed by atoms with Gasteiger partial charge in [-0.1, -0.05) is 0 Å². The monoisotopic (exact) mass is 245 g/mol. The van der Waals surface area contributed by atoms with Gasteiger partial charge in [-0.15, -0.1) is 11.8 Å². The van der Waals surface area contributed by atoms with E-state index in [2.05, 4.69) is 5.73 Å². The van der Waals surface area contributed by atoms with E-state index in [4.69, 9.17) is 0 Å². The summed E-state index contributed by atoms with van der Waals surface area (Å²) >= 11 is 1.21. The number of nitrogens with two attached hydrogens (primary N) is 1. The second-order valence-corrected chi connectivity index (χ2v) is 3.41. The minimum absolute atomic E-state index is 0.211. The van der Waals surface area contributed by atoms with Gasteiger partial charge in [0.15, 0.2) is 6.29 Å². The number of allylic oxidation sites excluding steroid dienone is 1. The molecule has 1 rings (SSSR count). The van der Waals surface area contributed by atoms with Crippen molar-refractivity contribution in [2.45, 2.75) is 0 Å². The molecule has 0 saturated carbocycles. The Hall–Kier alpha value is -1.20. The van der Waals surface area contributed by atoms with Crippen molar-refractivity contribution in [1.82, 2.24) is 0 Å². The van der Waals surface area contributed by atoms with E-state index in [-0.39, 0.29) is 5.56 Å². The average molecular weight is 245 g/mol. The highest BCUT2D eigenvalue weighted by atomic mass is 32.2. The fourth-order valence-corrected chi connectivity index (χ4v) is 1.25. The Morgan fingerprint density at radius 1 is 1.38 bits per heavy atom. The summed E-state index contributed by atoms with van der Waals surface area (Å²) in [5.74, 6) is -1.30. The summed E-state index contributed by atoms with van der Waals surface area (Å²) in [7, 11) is 1.50. The second-order valence-electron chi connectivity index (χ2n) is 2.53. The standard InChI is InChI=1S/C10H8F2OS.CH5N/c1-14-9(6-13)4-7-2-3-8(11)5-10(7)12;1-2/h2-6H,1H3;2H2,1H3/b9-4-;. The number of thioether (sulfide) groups is 1. The van der Waals surface area contributed by atoms with E-state index in [9.17, 15) is 13.6 Å². The van der Waals surface area contributed by atoms with Crippen LogP contribution >= 0.6 is 11.8 Å². The van der Waals surface area contributed by atoms with E-state index >= 15 is 0 Å². The molecule has 88 valence electrons. The fraction of sp³-hybridized carbons (Fsp3) is 0.182. The minimum atomic E-state index is -0.668. The normalized spacial score (nSPS) is 10.4. The number of aldehydes is 1. The maximum atomic E-state index is 13.1. The fourth-order valence-electron chi connectivity index (χ4n) is 0.913. The van der Waals surface area contributed by atoms with Crippen LogP contribution in [0.5, 0.6) is 0 Å². The first-order valence-corrected chi connectivity index (χ1v) is 5.63. The second kappa shape index (κ2) is 8.01. The summed E-state index contributed by atoms with van der Waals surface area (Å²) in [5, 5.41) is 0. The predicted molar refractivity (Wildman–Crippen MR) is 64.0 cm³/mol. The summed E-state index contributed by atoms with van der Waals surface area (Å²) in [6, 6.07) is 3.23. The molecule has 0 aliphatic heterocycles. The molecule has 0 saturated heterocycles. The van der Waals surface area contributed by atoms with Gasteiger partial charge in [-0.05, 0) is 31.5 Å². The molecule has 0 unspecified atom stereocenters. The number of hydrogen-bond donors (Lipinski definition) is 1. The van der Waals surface area contributed by atoms with Crippen molar-refractivity contribution in [3.8, 4) is 0 Å². The quantitative estimate of drug-likeness (QED) is 0.657. The zero-order chi connectivity index (χ0) is 12.6. The lowest BCUT2D eigenvalue weighted by Gasteiger charge is -1.98. The molecular weight excluding hydrogens is 232 g/mol. The molecule has 0 amide bonds. The molecule has 0 spiro atoms. The van der Waals surface area contributed by atoms with E-state index in [1.807, 2.05) is 0 Å². The molecule has 0 bridgehead atoms. The third-order valence-corrected chi connectivity index (χ3v) is 2.30. The molecule has 0 fully saturated rings. The molecule has 0 radical (unpaired) electrons. The molecule has 16 heavy (non-hydrogen) atoms. The van der Waals surface area contributed by atoms with Crippen LogP contribution in [0.3, 0.4) is 0 Å². The Balaban J connectivity index is 0.00000106. The largest absolute Gasteiger partial charge is 0.333 e. The van der Waals surface area contributed by atoms with Gasteiger partial charge in [-0.25, -0.2) is 8.78 Å². The lowest BCUT2D eigenvalue weighted by Crippen LogP contribution is -1.86. The van der Waals surface area contributed by atoms with Gasteiger partial charge in [-0.3, -0.25) is 4.79 Å². The zero-order valence-electron chi connectivity index (χ0n) is 9.04. The van der Waals surface area contributed by atoms with Crippen LogP contribution in [0.2, 0.25) is 0 Å². The van der Waals surface area contributed by atoms with Gasteiger partial charge in [0.1, 0.15) is 11.6 Å². The summed E-state index contributed by atoms with van der Waals surface area (Å²) < 4.78 is 25.6. The van der Waals surface area contributed by atoms with Gasteiger partial charge < -0.3 is 5.73 Å². The van der Waals surface area contributed by atoms with Crippen molar-refractivity contribution in [2.24, 2.45) is 5.73 Å². The molecule has 0 aromatic heterocycles. The molecule has 0 aliphatic carbocycles. The zero-order valence-corrected chi connectivity index (χ0v) is 9.85. The van der Waals surface area contributed by atoms with Crippen molar-refractivity contribution in [3.63, 3.8) is 0 Å². The van der Waals surface area contributed by atoms with Gasteiger partial charge in [0, 0.05) is 16.5 Å². The Morgan fingerprint density at radius 2 is 2.00 bits per heavy atom. The minimum Gasteiger partial charge on any atom is -0.333 e. The van der Waals surface area contributed by atoms with Crippen molar-refractivity contribution >= 4 is 24.1 Å². The molecule has 2 nitrogen and oxygen atoms in total. The first-order valence-electron chi connectivity index (χ1n) is 4.41. The molecule has 1 aromatic carbocycles. The Kier molecular flexibility index (Phi) is 7.41. The number of benzene rings is 1. The molecule has 0 heterocycles. The molecular formula is C11H13F2NOS. The third kappa shape index (κ3) is 4.55. The van der Waals surface area contributed by atoms with Crippen LogP contribution in [0.1, 0.15) is 5.56 Å². The van der Waals surface area contributed by atoms with E-state index in [0.717, 1.165) is 12.1 Å². The summed E-state index contributed by atoms with van der Waals surface area (Å²) in [4.78, 5) is 10.8. The Labute approximate surface area is 97.5 Å². The topological polar surface area (TPSA) is 43.1 Å². The van der Waals surface area contributed by atoms with E-state index in [1.54, 1.807) is 6.26 Å². The van der Waals surface area contributed by atoms with Crippen molar-refractivity contribution < 1.29 is 13.6 Å². The first-order chi connectivity index (χ1) is 7.67. The molecule has 1 aromatic rings. The van der Waals surface area contributed by atoms with Crippen LogP contribution in [0.25, 0.3) is 6.08 Å². The maximum absolute atomic E-state index is 13.1. The Bertz CT molecular complexity index is 380. The molecule has 0 aliphatic rings. The smallest absolute Gasteiger partial charge is 0.156 e. The lowest BCUT2D eigenvalue weighted by molar-refractivity contribution is -0.104. The van der Waals surface area contributed by atoms with Crippen molar-refractivity contribution in [3.05, 3.63) is 40.3 Å². The average Bonchev–Trinajstić information content (AvgIpc) is 2.31. The van der Waals surface area contributed by atoms with Gasteiger partial charge in [-0.2, -0.15) is 0 Å². The summed E-state index contributed by atoms with van der Waals surface area (Å²) in [6.45, 7) is 0. The van der Waals surface area contributed by atoms with Crippen LogP contribution in [0.15, 0.2) is 23.1 Å². The van der Waals surface area contributed by atoms with Gasteiger partial charge in [0.05, 0.1) is 0 Å². The lowest BCUT2D eigenvalue weighted by atomic mass is 10.2. The number of hydrogen-bond acceptors (Lipinski definition) is 3. The van der Waals surface area contributed by atoms with E-state index in [0.29, 0.717) is 11.2 Å². The van der Waals surface area contributed by atoms with Crippen LogP contribution in [-0.4, -0.2) is 19.6 Å². The number of halogens is 2.